The SMILES string of the molecule is O=C(Nc1ccnc(Nc2cc(C(F)(F)F)nc(N3CC[C@H](O)C3)n2)c1)c1c(Cl)cccc1Cl. The van der Waals surface area contributed by atoms with Gasteiger partial charge in [0.1, 0.15) is 11.6 Å². The van der Waals surface area contributed by atoms with E-state index in [4.69, 9.17) is 23.2 Å². The predicted molar refractivity (Wildman–Crippen MR) is 122 cm³/mol. The highest BCUT2D eigenvalue weighted by molar-refractivity contribution is 6.40. The zero-order chi connectivity index (χ0) is 24.5. The zero-order valence-corrected chi connectivity index (χ0v) is 18.8. The number of hydrogen-bond acceptors (Lipinski definition) is 7. The molecule has 34 heavy (non-hydrogen) atoms. The van der Waals surface area contributed by atoms with Crippen molar-refractivity contribution in [2.45, 2.75) is 18.7 Å². The Morgan fingerprint density at radius 1 is 1.12 bits per heavy atom. The third-order valence-corrected chi connectivity index (χ3v) is 5.54. The van der Waals surface area contributed by atoms with Gasteiger partial charge in [-0.15, -0.1) is 0 Å². The largest absolute Gasteiger partial charge is 0.433 e. The smallest absolute Gasteiger partial charge is 0.391 e. The van der Waals surface area contributed by atoms with Crippen LogP contribution in [0, 0.1) is 0 Å². The Kier molecular flexibility index (Phi) is 6.78. The van der Waals surface area contributed by atoms with E-state index in [2.05, 4.69) is 25.6 Å². The van der Waals surface area contributed by atoms with Crippen molar-refractivity contribution < 1.29 is 23.1 Å². The molecule has 0 bridgehead atoms. The van der Waals surface area contributed by atoms with Gasteiger partial charge < -0.3 is 20.6 Å². The minimum absolute atomic E-state index is 0.0835. The van der Waals surface area contributed by atoms with E-state index in [0.29, 0.717) is 18.7 Å². The number of pyridine rings is 1. The molecule has 3 heterocycles. The zero-order valence-electron chi connectivity index (χ0n) is 17.3. The standard InChI is InChI=1S/C21H17Cl2F3N6O2/c22-13-2-1-3-14(23)18(13)19(34)28-11-4-6-27-16(8-11)30-17-9-15(21(24,25)26)29-20(31-17)32-7-5-12(33)10-32/h1-4,6,8-9,12,33H,5,7,10H2,(H2,27,28,29,30,31,34)/t12-/m0/s1. The maximum atomic E-state index is 13.4. The molecule has 1 aliphatic heterocycles. The molecule has 13 heteroatoms. The van der Waals surface area contributed by atoms with Gasteiger partial charge in [0.15, 0.2) is 5.69 Å². The summed E-state index contributed by atoms with van der Waals surface area (Å²) in [6.07, 6.45) is -3.61. The number of hydrogen-bond donors (Lipinski definition) is 3. The number of halogens is 5. The van der Waals surface area contributed by atoms with Gasteiger partial charge in [-0.2, -0.15) is 18.2 Å². The number of nitrogens with one attached hydrogen (secondary N) is 2. The lowest BCUT2D eigenvalue weighted by Crippen LogP contribution is -2.25. The number of aliphatic hydroxyl groups excluding tert-OH is 1. The summed E-state index contributed by atoms with van der Waals surface area (Å²) in [6, 6.07) is 8.30. The number of benzene rings is 1. The highest BCUT2D eigenvalue weighted by Gasteiger charge is 2.35. The summed E-state index contributed by atoms with van der Waals surface area (Å²) in [6.45, 7) is 0.456. The van der Waals surface area contributed by atoms with Gasteiger partial charge in [-0.25, -0.2) is 9.97 Å². The van der Waals surface area contributed by atoms with Crippen LogP contribution >= 0.6 is 23.2 Å². The molecule has 1 saturated heterocycles. The molecule has 0 saturated carbocycles. The number of alkyl halides is 3. The van der Waals surface area contributed by atoms with E-state index in [9.17, 15) is 23.1 Å². The molecule has 3 N–H and O–H groups in total. The number of nitrogens with zero attached hydrogens (tertiary/aromatic N) is 4. The molecule has 0 radical (unpaired) electrons. The molecule has 1 fully saturated rings. The van der Waals surface area contributed by atoms with E-state index in [1.165, 1.54) is 35.4 Å². The Hall–Kier alpha value is -3.15. The molecular formula is C21H17Cl2F3N6O2. The van der Waals surface area contributed by atoms with E-state index >= 15 is 0 Å². The van der Waals surface area contributed by atoms with Crippen molar-refractivity contribution in [1.82, 2.24) is 15.0 Å². The summed E-state index contributed by atoms with van der Waals surface area (Å²) in [5.41, 5.74) is -0.758. The average Bonchev–Trinajstić information content (AvgIpc) is 3.19. The van der Waals surface area contributed by atoms with E-state index in [1.54, 1.807) is 6.07 Å². The molecule has 178 valence electrons. The molecule has 0 aliphatic carbocycles. The van der Waals surface area contributed by atoms with Crippen LogP contribution in [0.25, 0.3) is 0 Å². The first-order chi connectivity index (χ1) is 16.1. The first kappa shape index (κ1) is 24.0. The van der Waals surface area contributed by atoms with E-state index in [-0.39, 0.29) is 39.7 Å². The Balaban J connectivity index is 1.58. The van der Waals surface area contributed by atoms with Crippen LogP contribution in [-0.2, 0) is 6.18 Å². The first-order valence-electron chi connectivity index (χ1n) is 9.98. The van der Waals surface area contributed by atoms with Crippen LogP contribution in [0.5, 0.6) is 0 Å². The topological polar surface area (TPSA) is 103 Å². The molecule has 3 aromatic rings. The molecule has 1 aromatic carbocycles. The highest BCUT2D eigenvalue weighted by atomic mass is 35.5. The number of rotatable bonds is 5. The van der Waals surface area contributed by atoms with Crippen LogP contribution < -0.4 is 15.5 Å². The van der Waals surface area contributed by atoms with Gasteiger partial charge in [-0.1, -0.05) is 29.3 Å². The highest BCUT2D eigenvalue weighted by Crippen LogP contribution is 2.32. The van der Waals surface area contributed by atoms with Crippen LogP contribution in [0.15, 0.2) is 42.6 Å². The van der Waals surface area contributed by atoms with Crippen molar-refractivity contribution in [1.29, 1.82) is 0 Å². The number of aromatic nitrogens is 3. The molecule has 0 spiro atoms. The lowest BCUT2D eigenvalue weighted by molar-refractivity contribution is -0.141. The van der Waals surface area contributed by atoms with Gasteiger partial charge in [0.2, 0.25) is 5.95 Å². The molecule has 1 atom stereocenters. The number of amides is 1. The van der Waals surface area contributed by atoms with Crippen molar-refractivity contribution in [2.24, 2.45) is 0 Å². The molecule has 8 nitrogen and oxygen atoms in total. The van der Waals surface area contributed by atoms with E-state index in [0.717, 1.165) is 6.07 Å². The van der Waals surface area contributed by atoms with Gasteiger partial charge in [0, 0.05) is 37.1 Å². The summed E-state index contributed by atoms with van der Waals surface area (Å²) in [4.78, 5) is 25.9. The van der Waals surface area contributed by atoms with Crippen LogP contribution in [-0.4, -0.2) is 45.2 Å². The molecular weight excluding hydrogens is 496 g/mol. The maximum Gasteiger partial charge on any atom is 0.433 e. The number of carbonyl (C=O) groups excluding carboxylic acids is 1. The summed E-state index contributed by atoms with van der Waals surface area (Å²) >= 11 is 12.1. The van der Waals surface area contributed by atoms with Crippen LogP contribution in [0.3, 0.4) is 0 Å². The number of carbonyl (C=O) groups is 1. The van der Waals surface area contributed by atoms with Crippen molar-refractivity contribution in [2.75, 3.05) is 28.6 Å². The second kappa shape index (κ2) is 9.61. The summed E-state index contributed by atoms with van der Waals surface area (Å²) in [5.74, 6) is -0.748. The van der Waals surface area contributed by atoms with Gasteiger partial charge >= 0.3 is 6.18 Å². The van der Waals surface area contributed by atoms with Crippen LogP contribution in [0.4, 0.5) is 36.4 Å². The van der Waals surface area contributed by atoms with E-state index < -0.39 is 23.9 Å². The van der Waals surface area contributed by atoms with Crippen LogP contribution in [0.1, 0.15) is 22.5 Å². The third kappa shape index (κ3) is 5.49. The summed E-state index contributed by atoms with van der Waals surface area (Å²) in [7, 11) is 0. The minimum Gasteiger partial charge on any atom is -0.391 e. The predicted octanol–water partition coefficient (Wildman–Crippen LogP) is 4.76. The fraction of sp³-hybridized carbons (Fsp3) is 0.238. The van der Waals surface area contributed by atoms with E-state index in [1.807, 2.05) is 0 Å². The van der Waals surface area contributed by atoms with Gasteiger partial charge in [-0.05, 0) is 24.6 Å². The number of aliphatic hydroxyl groups is 1. The fourth-order valence-corrected chi connectivity index (χ4v) is 3.89. The Morgan fingerprint density at radius 2 is 1.85 bits per heavy atom. The van der Waals surface area contributed by atoms with Gasteiger partial charge in [0.05, 0.1) is 21.7 Å². The lowest BCUT2D eigenvalue weighted by atomic mass is 10.2. The molecule has 1 aliphatic rings. The fourth-order valence-electron chi connectivity index (χ4n) is 3.32. The first-order valence-corrected chi connectivity index (χ1v) is 10.7. The van der Waals surface area contributed by atoms with Gasteiger partial charge in [-0.3, -0.25) is 4.79 Å². The Morgan fingerprint density at radius 3 is 2.50 bits per heavy atom. The van der Waals surface area contributed by atoms with Crippen molar-refractivity contribution in [3.05, 3.63) is 63.9 Å². The van der Waals surface area contributed by atoms with Crippen molar-refractivity contribution in [3.63, 3.8) is 0 Å². The molecule has 4 rings (SSSR count). The van der Waals surface area contributed by atoms with Crippen molar-refractivity contribution in [3.8, 4) is 0 Å². The number of β-amino-alcohol motifs (C(OH)–C–C–N with tert-alkyl or cyclic N) is 1. The Bertz CT molecular complexity index is 1210. The molecule has 2 aromatic heterocycles. The third-order valence-electron chi connectivity index (χ3n) is 4.91. The summed E-state index contributed by atoms with van der Waals surface area (Å²) < 4.78 is 40.2. The summed E-state index contributed by atoms with van der Waals surface area (Å²) in [5, 5.41) is 15.4. The molecule has 1 amide bonds. The van der Waals surface area contributed by atoms with Gasteiger partial charge in [0.25, 0.3) is 5.91 Å². The lowest BCUT2D eigenvalue weighted by Gasteiger charge is -2.18. The van der Waals surface area contributed by atoms with Crippen LogP contribution in [0.2, 0.25) is 10.0 Å². The second-order valence-electron chi connectivity index (χ2n) is 7.43. The quantitative estimate of drug-likeness (QED) is 0.452. The Labute approximate surface area is 201 Å². The van der Waals surface area contributed by atoms with Crippen molar-refractivity contribution >= 4 is 52.4 Å². The average molecular weight is 513 g/mol. The normalized spacial score (nSPS) is 15.9. The maximum absolute atomic E-state index is 13.4. The minimum atomic E-state index is -4.70. The molecule has 0 unspecified atom stereocenters. The number of anilines is 4. The monoisotopic (exact) mass is 512 g/mol. The second-order valence-corrected chi connectivity index (χ2v) is 8.24.